The van der Waals surface area contributed by atoms with Crippen molar-refractivity contribution in [3.63, 3.8) is 0 Å². The van der Waals surface area contributed by atoms with Gasteiger partial charge in [-0.25, -0.2) is 4.98 Å². The van der Waals surface area contributed by atoms with Gasteiger partial charge >= 0.3 is 6.18 Å². The van der Waals surface area contributed by atoms with Crippen molar-refractivity contribution >= 4 is 11.3 Å². The third kappa shape index (κ3) is 2.88. The summed E-state index contributed by atoms with van der Waals surface area (Å²) in [5, 5.41) is 0.601. The molecule has 0 saturated heterocycles. The molecule has 0 spiro atoms. The van der Waals surface area contributed by atoms with Gasteiger partial charge in [-0.2, -0.15) is 13.2 Å². The van der Waals surface area contributed by atoms with Crippen molar-refractivity contribution in [2.75, 3.05) is 6.54 Å². The van der Waals surface area contributed by atoms with E-state index in [-0.39, 0.29) is 0 Å². The average Bonchev–Trinajstić information content (AvgIpc) is 2.79. The largest absolute Gasteiger partial charge is 0.443 e. The molecule has 0 radical (unpaired) electrons. The lowest BCUT2D eigenvalue weighted by Gasteiger charge is -2.01. The molecule has 0 amide bonds. The molecule has 2 rings (SSSR count). The Kier molecular flexibility index (Phi) is 3.68. The van der Waals surface area contributed by atoms with Gasteiger partial charge in [-0.05, 0) is 18.5 Å². The molecule has 2 nitrogen and oxygen atoms in total. The first-order chi connectivity index (χ1) is 8.50. The average molecular weight is 272 g/mol. The van der Waals surface area contributed by atoms with E-state index >= 15 is 0 Å². The van der Waals surface area contributed by atoms with Gasteiger partial charge in [0.2, 0.25) is 0 Å². The minimum atomic E-state index is -4.37. The van der Waals surface area contributed by atoms with Crippen LogP contribution < -0.4 is 5.73 Å². The highest BCUT2D eigenvalue weighted by molar-refractivity contribution is 7.10. The Bertz CT molecular complexity index is 517. The fourth-order valence-corrected chi connectivity index (χ4v) is 2.24. The van der Waals surface area contributed by atoms with Crippen molar-refractivity contribution in [1.29, 1.82) is 0 Å². The molecule has 96 valence electrons. The molecular formula is C12H11F3N2S. The second kappa shape index (κ2) is 5.07. The van der Waals surface area contributed by atoms with Crippen LogP contribution in [0.15, 0.2) is 29.6 Å². The summed E-state index contributed by atoms with van der Waals surface area (Å²) < 4.78 is 37.2. The lowest BCUT2D eigenvalue weighted by atomic mass is 10.1. The van der Waals surface area contributed by atoms with Crippen molar-refractivity contribution in [1.82, 2.24) is 4.98 Å². The van der Waals surface area contributed by atoms with E-state index in [9.17, 15) is 13.2 Å². The Hall–Kier alpha value is -1.40. The van der Waals surface area contributed by atoms with Crippen LogP contribution in [0.3, 0.4) is 0 Å². The maximum Gasteiger partial charge on any atom is 0.443 e. The Labute approximate surface area is 106 Å². The van der Waals surface area contributed by atoms with Gasteiger partial charge in [0.1, 0.15) is 0 Å². The topological polar surface area (TPSA) is 38.9 Å². The van der Waals surface area contributed by atoms with E-state index < -0.39 is 11.2 Å². The summed E-state index contributed by atoms with van der Waals surface area (Å²) in [6, 6.07) is 7.24. The maximum atomic E-state index is 12.4. The van der Waals surface area contributed by atoms with Crippen molar-refractivity contribution in [3.05, 3.63) is 40.2 Å². The predicted octanol–water partition coefficient (Wildman–Crippen LogP) is 3.33. The molecule has 0 bridgehead atoms. The van der Waals surface area contributed by atoms with Crippen LogP contribution in [0.25, 0.3) is 11.3 Å². The molecule has 2 aromatic rings. The Balaban J connectivity index is 2.23. The lowest BCUT2D eigenvalue weighted by molar-refractivity contribution is -0.137. The summed E-state index contributed by atoms with van der Waals surface area (Å²) in [5.41, 5.74) is 7.52. The maximum absolute atomic E-state index is 12.4. The molecule has 1 aromatic carbocycles. The zero-order chi connectivity index (χ0) is 13.2. The molecule has 0 aliphatic carbocycles. The predicted molar refractivity (Wildman–Crippen MR) is 65.3 cm³/mol. The van der Waals surface area contributed by atoms with E-state index in [1.807, 2.05) is 12.1 Å². The highest BCUT2D eigenvalue weighted by Crippen LogP contribution is 2.34. The number of alkyl halides is 3. The van der Waals surface area contributed by atoms with Gasteiger partial charge < -0.3 is 5.73 Å². The molecule has 1 aromatic heterocycles. The fourth-order valence-electron chi connectivity index (χ4n) is 1.55. The second-order valence-electron chi connectivity index (χ2n) is 3.77. The lowest BCUT2D eigenvalue weighted by Crippen LogP contribution is -2.03. The highest BCUT2D eigenvalue weighted by atomic mass is 32.1. The first kappa shape index (κ1) is 13.0. The van der Waals surface area contributed by atoms with Crippen LogP contribution in [-0.4, -0.2) is 11.5 Å². The van der Waals surface area contributed by atoms with Gasteiger partial charge in [-0.15, -0.1) is 11.3 Å². The van der Waals surface area contributed by atoms with Gasteiger partial charge in [0.15, 0.2) is 5.01 Å². The van der Waals surface area contributed by atoms with Crippen molar-refractivity contribution in [2.45, 2.75) is 12.6 Å². The second-order valence-corrected chi connectivity index (χ2v) is 4.63. The summed E-state index contributed by atoms with van der Waals surface area (Å²) in [7, 11) is 0. The fraction of sp³-hybridized carbons (Fsp3) is 0.250. The van der Waals surface area contributed by atoms with Crippen LogP contribution in [0, 0.1) is 0 Å². The molecule has 0 aliphatic rings. The van der Waals surface area contributed by atoms with E-state index in [2.05, 4.69) is 4.98 Å². The molecular weight excluding hydrogens is 261 g/mol. The molecule has 0 atom stereocenters. The molecule has 6 heteroatoms. The molecule has 2 N–H and O–H groups in total. The van der Waals surface area contributed by atoms with Gasteiger partial charge in [0, 0.05) is 10.9 Å². The normalized spacial score (nSPS) is 11.8. The SMILES string of the molecule is NCCc1ccc(-c2csc(C(F)(F)F)n2)cc1. The minimum Gasteiger partial charge on any atom is -0.330 e. The molecule has 0 fully saturated rings. The highest BCUT2D eigenvalue weighted by Gasteiger charge is 2.34. The van der Waals surface area contributed by atoms with E-state index in [4.69, 9.17) is 5.73 Å². The van der Waals surface area contributed by atoms with Gasteiger partial charge in [-0.3, -0.25) is 0 Å². The van der Waals surface area contributed by atoms with Gasteiger partial charge in [-0.1, -0.05) is 24.3 Å². The number of benzene rings is 1. The van der Waals surface area contributed by atoms with Crippen molar-refractivity contribution in [2.24, 2.45) is 5.73 Å². The van der Waals surface area contributed by atoms with Gasteiger partial charge in [0.05, 0.1) is 5.69 Å². The number of nitrogens with two attached hydrogens (primary N) is 1. The Morgan fingerprint density at radius 3 is 2.33 bits per heavy atom. The van der Waals surface area contributed by atoms with E-state index in [1.165, 1.54) is 5.38 Å². The summed E-state index contributed by atoms with van der Waals surface area (Å²) in [4.78, 5) is 3.60. The summed E-state index contributed by atoms with van der Waals surface area (Å²) >= 11 is 0.610. The summed E-state index contributed by atoms with van der Waals surface area (Å²) in [6.07, 6.45) is -3.62. The minimum absolute atomic E-state index is 0.353. The number of nitrogens with zero attached hydrogens (tertiary/aromatic N) is 1. The smallest absolute Gasteiger partial charge is 0.330 e. The number of hydrogen-bond acceptors (Lipinski definition) is 3. The summed E-state index contributed by atoms with van der Waals surface area (Å²) in [6.45, 7) is 0.550. The third-order valence-corrected chi connectivity index (χ3v) is 3.32. The number of hydrogen-bond donors (Lipinski definition) is 1. The monoisotopic (exact) mass is 272 g/mol. The van der Waals surface area contributed by atoms with Crippen LogP contribution >= 0.6 is 11.3 Å². The quantitative estimate of drug-likeness (QED) is 0.930. The number of aromatic nitrogens is 1. The molecule has 0 unspecified atom stereocenters. The zero-order valence-electron chi connectivity index (χ0n) is 9.37. The van der Waals surface area contributed by atoms with Crippen LogP contribution in [0.2, 0.25) is 0 Å². The van der Waals surface area contributed by atoms with Gasteiger partial charge in [0.25, 0.3) is 0 Å². The third-order valence-electron chi connectivity index (χ3n) is 2.43. The number of thiazole rings is 1. The first-order valence-corrected chi connectivity index (χ1v) is 6.21. The first-order valence-electron chi connectivity index (χ1n) is 5.33. The standard InChI is InChI=1S/C12H11F3N2S/c13-12(14,15)11-17-10(7-18-11)9-3-1-8(2-4-9)5-6-16/h1-4,7H,5-6,16H2. The van der Waals surface area contributed by atoms with E-state index in [0.29, 0.717) is 29.1 Å². The van der Waals surface area contributed by atoms with E-state index in [0.717, 1.165) is 12.0 Å². The summed E-state index contributed by atoms with van der Waals surface area (Å²) in [5.74, 6) is 0. The van der Waals surface area contributed by atoms with Crippen LogP contribution in [0.1, 0.15) is 10.6 Å². The van der Waals surface area contributed by atoms with E-state index in [1.54, 1.807) is 12.1 Å². The van der Waals surface area contributed by atoms with Crippen LogP contribution in [0.4, 0.5) is 13.2 Å². The Morgan fingerprint density at radius 1 is 1.17 bits per heavy atom. The molecule has 1 heterocycles. The number of halogens is 3. The molecule has 0 saturated carbocycles. The van der Waals surface area contributed by atoms with Crippen molar-refractivity contribution in [3.8, 4) is 11.3 Å². The Morgan fingerprint density at radius 2 is 1.83 bits per heavy atom. The van der Waals surface area contributed by atoms with Crippen LogP contribution in [-0.2, 0) is 12.6 Å². The van der Waals surface area contributed by atoms with Crippen LogP contribution in [0.5, 0.6) is 0 Å². The molecule has 0 aliphatic heterocycles. The molecule has 18 heavy (non-hydrogen) atoms. The van der Waals surface area contributed by atoms with Crippen molar-refractivity contribution < 1.29 is 13.2 Å². The zero-order valence-corrected chi connectivity index (χ0v) is 10.2. The number of rotatable bonds is 3.